The quantitative estimate of drug-likeness (QED) is 0.854. The molecule has 1 heterocycles. The summed E-state index contributed by atoms with van der Waals surface area (Å²) in [7, 11) is 1.55. The van der Waals surface area contributed by atoms with Crippen LogP contribution in [0.3, 0.4) is 0 Å². The molecule has 1 aromatic heterocycles. The maximum atomic E-state index is 11.9. The minimum atomic E-state index is -2.90. The zero-order chi connectivity index (χ0) is 13.0. The molecule has 0 aliphatic carbocycles. The summed E-state index contributed by atoms with van der Waals surface area (Å²) < 4.78 is 27.9. The summed E-state index contributed by atoms with van der Waals surface area (Å²) in [5.74, 6) is -0.705. The van der Waals surface area contributed by atoms with E-state index in [0.29, 0.717) is 5.82 Å². The molecule has 0 amide bonds. The van der Waals surface area contributed by atoms with Gasteiger partial charge < -0.3 is 14.7 Å². The lowest BCUT2D eigenvalue weighted by atomic mass is 10.3. The second kappa shape index (κ2) is 5.42. The summed E-state index contributed by atoms with van der Waals surface area (Å²) in [6, 6.07) is 1.96. The van der Waals surface area contributed by atoms with Gasteiger partial charge in [0.2, 0.25) is 0 Å². The van der Waals surface area contributed by atoms with Crippen molar-refractivity contribution in [1.82, 2.24) is 4.98 Å². The first-order valence-corrected chi connectivity index (χ1v) is 4.78. The number of likely N-dealkylation sites (N-methyl/N-ethyl adjacent to an activating group) is 1. The number of ether oxygens (including phenoxy) is 1. The monoisotopic (exact) mass is 246 g/mol. The third kappa shape index (κ3) is 3.54. The molecule has 0 radical (unpaired) electrons. The van der Waals surface area contributed by atoms with Crippen molar-refractivity contribution in [3.8, 4) is 5.75 Å². The lowest BCUT2D eigenvalue weighted by Crippen LogP contribution is -2.36. The molecule has 1 rings (SSSR count). The van der Waals surface area contributed by atoms with Gasteiger partial charge in [-0.05, 0) is 19.1 Å². The van der Waals surface area contributed by atoms with Crippen LogP contribution in [0.1, 0.15) is 6.92 Å². The SMILES string of the molecule is CC(C(=O)O)N(C)c1ccc(OC(F)F)cn1. The van der Waals surface area contributed by atoms with Crippen LogP contribution < -0.4 is 9.64 Å². The summed E-state index contributed by atoms with van der Waals surface area (Å²) in [5, 5.41) is 8.79. The maximum absolute atomic E-state index is 11.9. The molecule has 0 aliphatic rings. The Labute approximate surface area is 96.6 Å². The topological polar surface area (TPSA) is 62.7 Å². The molecule has 5 nitrogen and oxygen atoms in total. The number of halogens is 2. The van der Waals surface area contributed by atoms with Crippen LogP contribution in [0.5, 0.6) is 5.75 Å². The zero-order valence-electron chi connectivity index (χ0n) is 9.30. The van der Waals surface area contributed by atoms with Crippen molar-refractivity contribution in [3.63, 3.8) is 0 Å². The Balaban J connectivity index is 2.76. The van der Waals surface area contributed by atoms with Crippen LogP contribution in [-0.2, 0) is 4.79 Å². The van der Waals surface area contributed by atoms with Crippen molar-refractivity contribution in [2.24, 2.45) is 0 Å². The first-order chi connectivity index (χ1) is 7.91. The van der Waals surface area contributed by atoms with Crippen LogP contribution in [0.15, 0.2) is 18.3 Å². The van der Waals surface area contributed by atoms with Crippen molar-refractivity contribution in [2.45, 2.75) is 19.6 Å². The number of carboxylic acids is 1. The van der Waals surface area contributed by atoms with E-state index in [9.17, 15) is 13.6 Å². The lowest BCUT2D eigenvalue weighted by molar-refractivity contribution is -0.138. The van der Waals surface area contributed by atoms with E-state index in [4.69, 9.17) is 5.11 Å². The van der Waals surface area contributed by atoms with Gasteiger partial charge in [-0.1, -0.05) is 0 Å². The number of aliphatic carboxylic acids is 1. The van der Waals surface area contributed by atoms with Gasteiger partial charge in [0.05, 0.1) is 6.20 Å². The second-order valence-corrected chi connectivity index (χ2v) is 3.36. The molecule has 1 atom stereocenters. The van der Waals surface area contributed by atoms with Crippen LogP contribution in [-0.4, -0.2) is 35.8 Å². The third-order valence-electron chi connectivity index (χ3n) is 2.25. The highest BCUT2D eigenvalue weighted by Crippen LogP contribution is 2.18. The van der Waals surface area contributed by atoms with Crippen molar-refractivity contribution in [1.29, 1.82) is 0 Å². The Kier molecular flexibility index (Phi) is 4.19. The van der Waals surface area contributed by atoms with Crippen LogP contribution in [0.25, 0.3) is 0 Å². The van der Waals surface area contributed by atoms with Gasteiger partial charge in [-0.15, -0.1) is 0 Å². The minimum absolute atomic E-state index is 0.0693. The number of rotatable bonds is 5. The average molecular weight is 246 g/mol. The fraction of sp³-hybridized carbons (Fsp3) is 0.400. The molecular weight excluding hydrogens is 234 g/mol. The van der Waals surface area contributed by atoms with E-state index in [2.05, 4.69) is 9.72 Å². The van der Waals surface area contributed by atoms with Crippen molar-refractivity contribution < 1.29 is 23.4 Å². The number of nitrogens with zero attached hydrogens (tertiary/aromatic N) is 2. The van der Waals surface area contributed by atoms with E-state index in [1.165, 1.54) is 24.0 Å². The smallest absolute Gasteiger partial charge is 0.387 e. The molecular formula is C10H12F2N2O3. The van der Waals surface area contributed by atoms with E-state index in [1.54, 1.807) is 7.05 Å². The molecule has 1 N–H and O–H groups in total. The molecule has 0 bridgehead atoms. The van der Waals surface area contributed by atoms with Crippen molar-refractivity contribution >= 4 is 11.8 Å². The highest BCUT2D eigenvalue weighted by molar-refractivity contribution is 5.76. The van der Waals surface area contributed by atoms with Gasteiger partial charge in [-0.2, -0.15) is 8.78 Å². The van der Waals surface area contributed by atoms with Crippen molar-refractivity contribution in [2.75, 3.05) is 11.9 Å². The third-order valence-corrected chi connectivity index (χ3v) is 2.25. The molecule has 1 unspecified atom stereocenters. The fourth-order valence-electron chi connectivity index (χ4n) is 1.12. The molecule has 94 valence electrons. The Morgan fingerprint density at radius 2 is 2.18 bits per heavy atom. The van der Waals surface area contributed by atoms with Crippen LogP contribution in [0.2, 0.25) is 0 Å². The second-order valence-electron chi connectivity index (χ2n) is 3.36. The number of alkyl halides is 2. The fourth-order valence-corrected chi connectivity index (χ4v) is 1.12. The number of pyridine rings is 1. The predicted octanol–water partition coefficient (Wildman–Crippen LogP) is 1.59. The van der Waals surface area contributed by atoms with Gasteiger partial charge in [-0.25, -0.2) is 9.78 Å². The van der Waals surface area contributed by atoms with Gasteiger partial charge >= 0.3 is 12.6 Å². The molecule has 0 spiro atoms. The Hall–Kier alpha value is -1.92. The lowest BCUT2D eigenvalue weighted by Gasteiger charge is -2.22. The van der Waals surface area contributed by atoms with E-state index >= 15 is 0 Å². The van der Waals surface area contributed by atoms with Gasteiger partial charge in [0, 0.05) is 7.05 Å². The van der Waals surface area contributed by atoms with Crippen LogP contribution >= 0.6 is 0 Å². The van der Waals surface area contributed by atoms with Crippen LogP contribution in [0, 0.1) is 0 Å². The van der Waals surface area contributed by atoms with Gasteiger partial charge in [0.1, 0.15) is 17.6 Å². The molecule has 0 saturated carbocycles. The van der Waals surface area contributed by atoms with E-state index in [-0.39, 0.29) is 5.75 Å². The van der Waals surface area contributed by atoms with Gasteiger partial charge in [-0.3, -0.25) is 0 Å². The first-order valence-electron chi connectivity index (χ1n) is 4.78. The summed E-state index contributed by atoms with van der Waals surface area (Å²) >= 11 is 0. The highest BCUT2D eigenvalue weighted by atomic mass is 19.3. The molecule has 1 aromatic rings. The highest BCUT2D eigenvalue weighted by Gasteiger charge is 2.18. The normalized spacial score (nSPS) is 12.3. The minimum Gasteiger partial charge on any atom is -0.480 e. The molecule has 0 saturated heterocycles. The number of aromatic nitrogens is 1. The number of carboxylic acid groups (broad SMARTS) is 1. The summed E-state index contributed by atoms with van der Waals surface area (Å²) in [5.41, 5.74) is 0. The van der Waals surface area contributed by atoms with E-state index in [0.717, 1.165) is 6.20 Å². The Morgan fingerprint density at radius 1 is 1.53 bits per heavy atom. The van der Waals surface area contributed by atoms with Gasteiger partial charge in [0.15, 0.2) is 0 Å². The number of hydrogen-bond acceptors (Lipinski definition) is 4. The zero-order valence-corrected chi connectivity index (χ0v) is 9.30. The molecule has 0 aromatic carbocycles. The Bertz CT molecular complexity index is 384. The largest absolute Gasteiger partial charge is 0.480 e. The van der Waals surface area contributed by atoms with Gasteiger partial charge in [0.25, 0.3) is 0 Å². The number of hydrogen-bond donors (Lipinski definition) is 1. The number of anilines is 1. The Morgan fingerprint density at radius 3 is 2.59 bits per heavy atom. The molecule has 17 heavy (non-hydrogen) atoms. The average Bonchev–Trinajstić information content (AvgIpc) is 2.27. The maximum Gasteiger partial charge on any atom is 0.387 e. The summed E-state index contributed by atoms with van der Waals surface area (Å²) in [4.78, 5) is 16.0. The standard InChI is InChI=1S/C10H12F2N2O3/c1-6(9(15)16)14(2)8-4-3-7(5-13-8)17-10(11)12/h3-6,10H,1-2H3,(H,15,16). The molecule has 0 aliphatic heterocycles. The number of carbonyl (C=O) groups is 1. The first kappa shape index (κ1) is 13.1. The molecule has 0 fully saturated rings. The predicted molar refractivity (Wildman–Crippen MR) is 56.4 cm³/mol. The summed E-state index contributed by atoms with van der Waals surface area (Å²) in [6.45, 7) is -1.41. The van der Waals surface area contributed by atoms with E-state index < -0.39 is 18.6 Å². The van der Waals surface area contributed by atoms with Crippen LogP contribution in [0.4, 0.5) is 14.6 Å². The summed E-state index contributed by atoms with van der Waals surface area (Å²) in [6.07, 6.45) is 1.12. The van der Waals surface area contributed by atoms with E-state index in [1.807, 2.05) is 0 Å². The molecule has 7 heteroatoms. The van der Waals surface area contributed by atoms with Crippen molar-refractivity contribution in [3.05, 3.63) is 18.3 Å².